The second kappa shape index (κ2) is 18.9. The summed E-state index contributed by atoms with van der Waals surface area (Å²) in [5, 5.41) is 48.5. The van der Waals surface area contributed by atoms with E-state index in [1.807, 2.05) is 13.8 Å². The van der Waals surface area contributed by atoms with E-state index in [9.17, 15) is 39.6 Å². The number of methoxy groups -OCH3 is 1. The van der Waals surface area contributed by atoms with Gasteiger partial charge in [0, 0.05) is 80.3 Å². The third-order valence-electron chi connectivity index (χ3n) is 11.8. The molecule has 322 valence electrons. The molecule has 60 heavy (non-hydrogen) atoms. The van der Waals surface area contributed by atoms with Gasteiger partial charge in [-0.1, -0.05) is 59.8 Å². The topological polar surface area (TPSA) is 211 Å². The number of rotatable bonds is 5. The van der Waals surface area contributed by atoms with Gasteiger partial charge in [-0.05, 0) is 25.3 Å². The Hall–Kier alpha value is -4.12. The smallest absolute Gasteiger partial charge is 0.507 e. The van der Waals surface area contributed by atoms with E-state index in [0.29, 0.717) is 13.1 Å². The molecule has 9 atom stereocenters. The number of nitrogens with zero attached hydrogens (tertiary/aromatic N) is 1. The van der Waals surface area contributed by atoms with Crippen molar-refractivity contribution in [2.75, 3.05) is 32.1 Å². The molecular weight excluding hydrogens is 787 g/mol. The van der Waals surface area contributed by atoms with Gasteiger partial charge < -0.3 is 54.3 Å². The molecule has 5 N–H and O–H groups in total. The fraction of sp³-hybridized carbons (Fsp3) is 0.545. The van der Waals surface area contributed by atoms with Gasteiger partial charge in [0.15, 0.2) is 12.4 Å². The molecule has 1 fully saturated rings. The van der Waals surface area contributed by atoms with E-state index < -0.39 is 89.6 Å². The molecule has 4 heterocycles. The molecule has 2 amide bonds. The molecule has 0 saturated carbocycles. The SMILES string of the molecule is COC1/C=C/OC2(C)Oc3c(C)c(O)c4c(O)c(cc(OCC(=O)N5CC(C)(C)C5)c4c3C2=O)NC(=O)/C(C)=C/C=CC(C)C(O)C(C)C(O)C(C)C(OC(C)=O)C1C.[Na+]. The molecule has 6 rings (SSSR count). The van der Waals surface area contributed by atoms with Gasteiger partial charge in [-0.15, -0.1) is 0 Å². The third-order valence-corrected chi connectivity index (χ3v) is 11.8. The Morgan fingerprint density at radius 1 is 0.950 bits per heavy atom. The average molecular weight is 846 g/mol. The maximum absolute atomic E-state index is 14.5. The summed E-state index contributed by atoms with van der Waals surface area (Å²) in [5.41, 5.74) is -0.0391. The van der Waals surface area contributed by atoms with E-state index in [4.69, 9.17) is 23.7 Å². The van der Waals surface area contributed by atoms with Crippen LogP contribution in [0.1, 0.15) is 78.2 Å². The molecule has 2 aromatic rings. The van der Waals surface area contributed by atoms with Gasteiger partial charge in [0.2, 0.25) is 0 Å². The third kappa shape index (κ3) is 9.66. The van der Waals surface area contributed by atoms with Crippen molar-refractivity contribution in [3.63, 3.8) is 0 Å². The zero-order chi connectivity index (χ0) is 43.9. The largest absolute Gasteiger partial charge is 1.00 e. The van der Waals surface area contributed by atoms with E-state index in [1.165, 1.54) is 59.3 Å². The Morgan fingerprint density at radius 2 is 1.60 bits per heavy atom. The summed E-state index contributed by atoms with van der Waals surface area (Å²) in [6.45, 7) is 17.2. The molecule has 4 aliphatic heterocycles. The van der Waals surface area contributed by atoms with Gasteiger partial charge in [0.25, 0.3) is 17.6 Å². The Bertz CT molecular complexity index is 2090. The van der Waals surface area contributed by atoms with Crippen LogP contribution in [0.5, 0.6) is 23.0 Å². The number of benzene rings is 2. The number of hydrogen-bond donors (Lipinski definition) is 5. The summed E-state index contributed by atoms with van der Waals surface area (Å²) in [5.74, 6) is -7.93. The first-order valence-electron chi connectivity index (χ1n) is 19.8. The van der Waals surface area contributed by atoms with Gasteiger partial charge in [-0.2, -0.15) is 0 Å². The van der Waals surface area contributed by atoms with E-state index in [0.717, 1.165) is 0 Å². The molecular formula is C44H58N2NaO13+. The molecule has 4 aliphatic rings. The number of phenols is 2. The molecule has 1 saturated heterocycles. The maximum Gasteiger partial charge on any atom is 1.00 e. The molecule has 15 nitrogen and oxygen atoms in total. The predicted octanol–water partition coefficient (Wildman–Crippen LogP) is 2.30. The number of phenolic OH excluding ortho intramolecular Hbond substituents is 2. The summed E-state index contributed by atoms with van der Waals surface area (Å²) >= 11 is 0. The summed E-state index contributed by atoms with van der Waals surface area (Å²) in [7, 11) is 1.44. The number of aliphatic hydroxyl groups excluding tert-OH is 2. The number of amides is 2. The van der Waals surface area contributed by atoms with Crippen molar-refractivity contribution >= 4 is 40.0 Å². The number of allylic oxidation sites excluding steroid dienone is 2. The number of ketones is 1. The molecule has 9 unspecified atom stereocenters. The van der Waals surface area contributed by atoms with Crippen molar-refractivity contribution in [1.82, 2.24) is 4.90 Å². The Balaban J connectivity index is 0.00000794. The number of likely N-dealkylation sites (tertiary alicyclic amines) is 1. The predicted molar refractivity (Wildman–Crippen MR) is 218 cm³/mol. The fourth-order valence-electron chi connectivity index (χ4n) is 8.14. The first kappa shape index (κ1) is 48.5. The number of Topliss-reactive ketones (excluding diaryl/α,β-unsaturated/α-hetero) is 1. The van der Waals surface area contributed by atoms with Crippen LogP contribution in [0.25, 0.3) is 10.8 Å². The van der Waals surface area contributed by atoms with Crippen LogP contribution in [0.15, 0.2) is 42.2 Å². The molecule has 16 heteroatoms. The number of fused-ring (bicyclic) bond motifs is 14. The van der Waals surface area contributed by atoms with Crippen LogP contribution in [0.3, 0.4) is 0 Å². The van der Waals surface area contributed by atoms with Crippen LogP contribution >= 0.6 is 0 Å². The summed E-state index contributed by atoms with van der Waals surface area (Å²) in [4.78, 5) is 55.2. The number of carbonyl (C=O) groups excluding carboxylic acids is 4. The van der Waals surface area contributed by atoms with Gasteiger partial charge in [0.1, 0.15) is 23.4 Å². The minimum Gasteiger partial charge on any atom is -0.507 e. The zero-order valence-electron chi connectivity index (χ0n) is 36.6. The van der Waals surface area contributed by atoms with E-state index in [-0.39, 0.29) is 85.5 Å². The van der Waals surface area contributed by atoms with Crippen LogP contribution in [0, 0.1) is 36.0 Å². The van der Waals surface area contributed by atoms with Crippen molar-refractivity contribution in [2.45, 2.75) is 99.4 Å². The summed E-state index contributed by atoms with van der Waals surface area (Å²) in [6.07, 6.45) is 3.62. The Labute approximate surface area is 373 Å². The number of anilines is 1. The van der Waals surface area contributed by atoms with E-state index in [1.54, 1.807) is 44.7 Å². The number of ether oxygens (including phenoxy) is 5. The second-order valence-electron chi connectivity index (χ2n) is 17.1. The van der Waals surface area contributed by atoms with E-state index in [2.05, 4.69) is 5.32 Å². The van der Waals surface area contributed by atoms with Crippen LogP contribution < -0.4 is 44.3 Å². The number of aromatic hydroxyl groups is 2. The Morgan fingerprint density at radius 3 is 2.20 bits per heavy atom. The summed E-state index contributed by atoms with van der Waals surface area (Å²) in [6, 6.07) is 1.28. The number of nitrogens with one attached hydrogen (secondary N) is 1. The van der Waals surface area contributed by atoms with Crippen LogP contribution in [0.2, 0.25) is 0 Å². The fourth-order valence-corrected chi connectivity index (χ4v) is 8.14. The molecule has 0 aromatic heterocycles. The van der Waals surface area contributed by atoms with Crippen molar-refractivity contribution in [3.05, 3.63) is 53.3 Å². The van der Waals surface area contributed by atoms with Crippen LogP contribution in [-0.4, -0.2) is 106 Å². The first-order chi connectivity index (χ1) is 27.5. The monoisotopic (exact) mass is 845 g/mol. The number of esters is 1. The standard InChI is InChI=1S/C44H58N2O13.Na/c1-21-13-12-14-22(2)42(54)45-28-17-30(56-18-31(48)46-19-43(8,9)20-46)32-33(38(28)52)37(51)26(6)40-34(32)41(53)44(10,59-40)57-16-15-29(55-11)23(3)39(58-27(7)47)25(5)36(50)24(4)35(21)49;/h12-17,21,23-25,29,35-36,39,49-52H,18-20H2,1-11H3,(H,45,54);/q;+1/b13-12?,16-15+,22-14+;. The summed E-state index contributed by atoms with van der Waals surface area (Å²) < 4.78 is 29.8. The number of hydrogen-bond acceptors (Lipinski definition) is 13. The first-order valence-corrected chi connectivity index (χ1v) is 19.8. The van der Waals surface area contributed by atoms with Crippen molar-refractivity contribution in [1.29, 1.82) is 0 Å². The molecule has 2 aromatic carbocycles. The van der Waals surface area contributed by atoms with Crippen molar-refractivity contribution in [2.24, 2.45) is 29.1 Å². The molecule has 0 spiro atoms. The molecule has 0 radical (unpaired) electrons. The maximum atomic E-state index is 14.5. The molecule has 0 aliphatic carbocycles. The van der Waals surface area contributed by atoms with Gasteiger partial charge >= 0.3 is 41.3 Å². The zero-order valence-corrected chi connectivity index (χ0v) is 38.6. The number of carbonyl (C=O) groups is 4. The van der Waals surface area contributed by atoms with Gasteiger partial charge in [-0.3, -0.25) is 19.2 Å². The minimum atomic E-state index is -2.02. The van der Waals surface area contributed by atoms with Crippen molar-refractivity contribution < 1.29 is 92.8 Å². The number of aliphatic hydroxyl groups is 2. The van der Waals surface area contributed by atoms with Gasteiger partial charge in [0.05, 0.1) is 41.2 Å². The van der Waals surface area contributed by atoms with Crippen LogP contribution in [-0.2, 0) is 28.6 Å². The van der Waals surface area contributed by atoms with Gasteiger partial charge in [-0.25, -0.2) is 0 Å². The quantitative estimate of drug-likeness (QED) is 0.167. The average Bonchev–Trinajstić information content (AvgIpc) is 3.43. The van der Waals surface area contributed by atoms with E-state index >= 15 is 0 Å². The minimum absolute atomic E-state index is 0. The normalized spacial score (nSPS) is 30.9. The van der Waals surface area contributed by atoms with Crippen LogP contribution in [0.4, 0.5) is 5.69 Å². The Kier molecular flexibility index (Phi) is 15.3. The van der Waals surface area contributed by atoms with Crippen molar-refractivity contribution in [3.8, 4) is 23.0 Å². The molecule has 5 bridgehead atoms. The second-order valence-corrected chi connectivity index (χ2v) is 17.1.